The van der Waals surface area contributed by atoms with Crippen molar-refractivity contribution < 1.29 is 39.5 Å². The highest BCUT2D eigenvalue weighted by molar-refractivity contribution is 7.99. The number of halogens is 3. The van der Waals surface area contributed by atoms with Gasteiger partial charge >= 0.3 is 11.6 Å². The summed E-state index contributed by atoms with van der Waals surface area (Å²) in [5, 5.41) is 8.03. The van der Waals surface area contributed by atoms with Crippen LogP contribution in [0.15, 0.2) is 63.2 Å². The highest BCUT2D eigenvalue weighted by Crippen LogP contribution is 2.36. The minimum atomic E-state index is -5.91. The van der Waals surface area contributed by atoms with Crippen molar-refractivity contribution >= 4 is 43.4 Å². The topological polar surface area (TPSA) is 139 Å². The van der Waals surface area contributed by atoms with Crippen LogP contribution in [0.4, 0.5) is 23.7 Å². The summed E-state index contributed by atoms with van der Waals surface area (Å²) in [5.41, 5.74) is -6.64. The van der Waals surface area contributed by atoms with Crippen LogP contribution >= 0.6 is 11.8 Å². The molecule has 2 aromatic rings. The van der Waals surface area contributed by atoms with Crippen LogP contribution in [-0.2, 0) is 24.6 Å². The number of alkyl halides is 3. The first-order valence-electron chi connectivity index (χ1n) is 13.9. The van der Waals surface area contributed by atoms with Crippen LogP contribution in [-0.4, -0.2) is 88.4 Å². The van der Waals surface area contributed by atoms with Crippen LogP contribution in [0.3, 0.4) is 0 Å². The number of sulfonamides is 1. The summed E-state index contributed by atoms with van der Waals surface area (Å²) in [4.78, 5) is 15.2. The molecule has 0 aliphatic carbocycles. The third-order valence-electron chi connectivity index (χ3n) is 7.01. The van der Waals surface area contributed by atoms with Gasteiger partial charge in [-0.2, -0.15) is 13.2 Å². The number of ether oxygens (including phenoxy) is 1. The van der Waals surface area contributed by atoms with Gasteiger partial charge in [0.15, 0.2) is 0 Å². The number of carbonyl (C=O) groups excluding carboxylic acids is 1. The normalized spacial score (nSPS) is 16.4. The molecule has 3 rings (SSSR count). The van der Waals surface area contributed by atoms with Crippen LogP contribution in [0.1, 0.15) is 40.0 Å². The molecule has 3 N–H and O–H groups in total. The Kier molecular flexibility index (Phi) is 11.7. The fourth-order valence-electron chi connectivity index (χ4n) is 4.63. The lowest BCUT2D eigenvalue weighted by molar-refractivity contribution is -0.0436. The minimum Gasteiger partial charge on any atom is -0.444 e. The van der Waals surface area contributed by atoms with Crippen molar-refractivity contribution in [3.63, 3.8) is 0 Å². The summed E-state index contributed by atoms with van der Waals surface area (Å²) in [6, 6.07) is 11.2. The van der Waals surface area contributed by atoms with E-state index in [1.165, 1.54) is 11.8 Å². The number of primary sulfonamides is 1. The molecule has 16 heteroatoms. The second-order valence-corrected chi connectivity index (χ2v) is 16.1. The number of benzene rings is 2. The molecular weight excluding hydrogens is 642 g/mol. The number of carbonyl (C=O) groups is 1. The summed E-state index contributed by atoms with van der Waals surface area (Å²) in [7, 11) is -8.68. The molecule has 1 amide bonds. The Balaban J connectivity index is 1.78. The average molecular weight is 681 g/mol. The fraction of sp³-hybridized carbons (Fsp3) is 0.536. The number of nitrogens with zero attached hydrogens (tertiary/aromatic N) is 2. The number of nitrogens with two attached hydrogens (primary N) is 1. The van der Waals surface area contributed by atoms with E-state index in [-0.39, 0.29) is 11.7 Å². The Labute approximate surface area is 261 Å². The molecule has 0 radical (unpaired) electrons. The second-order valence-electron chi connectivity index (χ2n) is 11.6. The van der Waals surface area contributed by atoms with Crippen molar-refractivity contribution in [3.8, 4) is 0 Å². The smallest absolute Gasteiger partial charge is 0.444 e. The zero-order valence-electron chi connectivity index (χ0n) is 25.0. The van der Waals surface area contributed by atoms with E-state index < -0.39 is 52.9 Å². The molecule has 10 nitrogen and oxygen atoms in total. The Bertz CT molecular complexity index is 1490. The number of piperidine rings is 1. The van der Waals surface area contributed by atoms with Gasteiger partial charge in [0.1, 0.15) is 10.5 Å². The van der Waals surface area contributed by atoms with Crippen LogP contribution in [0, 0.1) is 0 Å². The highest BCUT2D eigenvalue weighted by Gasteiger charge is 2.48. The quantitative estimate of drug-likeness (QED) is 0.317. The van der Waals surface area contributed by atoms with E-state index in [0.717, 1.165) is 17.0 Å². The SMILES string of the molecule is CN(C(=O)OC(C)(C)C)C1CCN(CC[C@H](CSc2ccccc2)Nc2ccc(S(N)(=O)=O)cc2S(=O)(=O)C(F)(F)F)CC1. The van der Waals surface area contributed by atoms with Gasteiger partial charge < -0.3 is 19.9 Å². The molecule has 1 heterocycles. The molecule has 0 aromatic heterocycles. The predicted molar refractivity (Wildman–Crippen MR) is 164 cm³/mol. The third kappa shape index (κ3) is 9.99. The number of rotatable bonds is 11. The second kappa shape index (κ2) is 14.3. The van der Waals surface area contributed by atoms with Crippen molar-refractivity contribution in [2.75, 3.05) is 37.8 Å². The van der Waals surface area contributed by atoms with Gasteiger partial charge in [-0.15, -0.1) is 11.8 Å². The maximum atomic E-state index is 13.6. The Morgan fingerprint density at radius 1 is 1.09 bits per heavy atom. The lowest BCUT2D eigenvalue weighted by atomic mass is 10.0. The van der Waals surface area contributed by atoms with Gasteiger partial charge in [0, 0.05) is 49.4 Å². The molecule has 1 saturated heterocycles. The number of sulfone groups is 1. The molecule has 0 spiro atoms. The van der Waals surface area contributed by atoms with Crippen LogP contribution in [0.25, 0.3) is 0 Å². The van der Waals surface area contributed by atoms with E-state index in [1.54, 1.807) is 32.7 Å². The Morgan fingerprint density at radius 2 is 1.70 bits per heavy atom. The fourth-order valence-corrected chi connectivity index (χ4v) is 7.18. The lowest BCUT2D eigenvalue weighted by Gasteiger charge is -2.37. The first-order chi connectivity index (χ1) is 20.3. The standard InChI is InChI=1S/C28H39F3N4O6S3/c1-27(2,3)41-26(36)34(4)21-13-16-35(17-14-21)15-12-20(19-42-22-8-6-5-7-9-22)33-24-11-10-23(44(32,39)40)18-25(24)43(37,38)28(29,30)31/h5-11,18,20-21,33H,12-17,19H2,1-4H3,(H2,32,39,40)/t20-/m1/s1. The summed E-state index contributed by atoms with van der Waals surface area (Å²) >= 11 is 1.45. The number of hydrogen-bond donors (Lipinski definition) is 2. The number of hydrogen-bond acceptors (Lipinski definition) is 9. The maximum absolute atomic E-state index is 13.6. The number of anilines is 1. The van der Waals surface area contributed by atoms with E-state index in [4.69, 9.17) is 9.88 Å². The molecule has 0 unspecified atom stereocenters. The minimum absolute atomic E-state index is 0.00358. The first-order valence-corrected chi connectivity index (χ1v) is 17.9. The molecule has 1 aliphatic heterocycles. The van der Waals surface area contributed by atoms with Gasteiger partial charge in [0.05, 0.1) is 10.6 Å². The highest BCUT2D eigenvalue weighted by atomic mass is 32.2. The molecule has 0 bridgehead atoms. The van der Waals surface area contributed by atoms with Crippen molar-refractivity contribution in [2.24, 2.45) is 5.14 Å². The summed E-state index contributed by atoms with van der Waals surface area (Å²) < 4.78 is 94.9. The van der Waals surface area contributed by atoms with Gasteiger partial charge in [-0.3, -0.25) is 0 Å². The van der Waals surface area contributed by atoms with E-state index in [9.17, 15) is 34.8 Å². The molecule has 1 atom stereocenters. The monoisotopic (exact) mass is 680 g/mol. The average Bonchev–Trinajstić information content (AvgIpc) is 2.93. The van der Waals surface area contributed by atoms with Gasteiger partial charge in [-0.1, -0.05) is 18.2 Å². The van der Waals surface area contributed by atoms with E-state index in [2.05, 4.69) is 10.2 Å². The summed E-state index contributed by atoms with van der Waals surface area (Å²) in [5.74, 6) is 0.379. The van der Waals surface area contributed by atoms with Crippen LogP contribution in [0.2, 0.25) is 0 Å². The van der Waals surface area contributed by atoms with Crippen molar-refractivity contribution in [2.45, 2.75) is 77.9 Å². The molecule has 246 valence electrons. The predicted octanol–water partition coefficient (Wildman–Crippen LogP) is 4.92. The Hall–Kier alpha value is -2.53. The summed E-state index contributed by atoms with van der Waals surface area (Å²) in [6.45, 7) is 7.31. The molecule has 0 saturated carbocycles. The first kappa shape index (κ1) is 35.9. The molecule has 44 heavy (non-hydrogen) atoms. The van der Waals surface area contributed by atoms with Gasteiger partial charge in [0.2, 0.25) is 10.0 Å². The molecule has 1 aliphatic rings. The number of thioether (sulfide) groups is 1. The zero-order chi connectivity index (χ0) is 32.9. The lowest BCUT2D eigenvalue weighted by Crippen LogP contribution is -2.47. The molecular formula is C28H39F3N4O6S3. The number of likely N-dealkylation sites (tertiary alicyclic amines) is 1. The molecule has 2 aromatic carbocycles. The van der Waals surface area contributed by atoms with Gasteiger partial charge in [-0.25, -0.2) is 26.8 Å². The number of nitrogens with one attached hydrogen (secondary N) is 1. The third-order valence-corrected chi connectivity index (χ3v) is 10.6. The number of amides is 1. The summed E-state index contributed by atoms with van der Waals surface area (Å²) in [6.07, 6.45) is 1.45. The molecule has 1 fully saturated rings. The zero-order valence-corrected chi connectivity index (χ0v) is 27.5. The van der Waals surface area contributed by atoms with Crippen molar-refractivity contribution in [1.82, 2.24) is 9.80 Å². The van der Waals surface area contributed by atoms with E-state index in [1.807, 2.05) is 30.3 Å². The van der Waals surface area contributed by atoms with Gasteiger partial charge in [-0.05, 0) is 70.4 Å². The van der Waals surface area contributed by atoms with E-state index >= 15 is 0 Å². The van der Waals surface area contributed by atoms with E-state index in [0.29, 0.717) is 50.7 Å². The van der Waals surface area contributed by atoms with Crippen LogP contribution < -0.4 is 10.5 Å². The van der Waals surface area contributed by atoms with Crippen molar-refractivity contribution in [1.29, 1.82) is 0 Å². The van der Waals surface area contributed by atoms with Gasteiger partial charge in [0.25, 0.3) is 9.84 Å². The maximum Gasteiger partial charge on any atom is 0.501 e. The Morgan fingerprint density at radius 3 is 2.25 bits per heavy atom. The van der Waals surface area contributed by atoms with Crippen molar-refractivity contribution in [3.05, 3.63) is 48.5 Å². The van der Waals surface area contributed by atoms with Crippen LogP contribution in [0.5, 0.6) is 0 Å². The largest absolute Gasteiger partial charge is 0.501 e.